The summed E-state index contributed by atoms with van der Waals surface area (Å²) in [5.74, 6) is 1.19. The zero-order valence-electron chi connectivity index (χ0n) is 16.6. The molecule has 0 bridgehead atoms. The molecule has 1 aromatic heterocycles. The van der Waals surface area contributed by atoms with E-state index < -0.39 is 0 Å². The number of carbonyl (C=O) groups excluding carboxylic acids is 1. The first-order valence-electron chi connectivity index (χ1n) is 9.54. The average Bonchev–Trinajstić information content (AvgIpc) is 2.70. The van der Waals surface area contributed by atoms with Gasteiger partial charge in [0.15, 0.2) is 0 Å². The van der Waals surface area contributed by atoms with Crippen molar-refractivity contribution in [1.82, 2.24) is 4.98 Å². The van der Waals surface area contributed by atoms with E-state index in [0.29, 0.717) is 33.9 Å². The van der Waals surface area contributed by atoms with Gasteiger partial charge in [-0.25, -0.2) is 9.37 Å². The molecule has 3 aromatic rings. The van der Waals surface area contributed by atoms with Gasteiger partial charge in [0.25, 0.3) is 0 Å². The molecule has 0 radical (unpaired) electrons. The van der Waals surface area contributed by atoms with Crippen LogP contribution in [-0.4, -0.2) is 31.6 Å². The predicted molar refractivity (Wildman–Crippen MR) is 118 cm³/mol. The van der Waals surface area contributed by atoms with E-state index in [2.05, 4.69) is 15.6 Å². The fourth-order valence-corrected chi connectivity index (χ4v) is 3.48. The quantitative estimate of drug-likeness (QED) is 0.611. The molecule has 0 unspecified atom stereocenters. The van der Waals surface area contributed by atoms with Crippen LogP contribution in [0, 0.1) is 5.82 Å². The van der Waals surface area contributed by atoms with Crippen LogP contribution in [0.4, 0.5) is 10.2 Å². The van der Waals surface area contributed by atoms with E-state index >= 15 is 4.39 Å². The number of methoxy groups -OCH3 is 1. The molecule has 1 aliphatic heterocycles. The van der Waals surface area contributed by atoms with E-state index in [1.165, 1.54) is 6.42 Å². The van der Waals surface area contributed by atoms with Crippen molar-refractivity contribution in [2.24, 2.45) is 5.73 Å². The maximum atomic E-state index is 15.3. The Kier molecular flexibility index (Phi) is 7.25. The van der Waals surface area contributed by atoms with Crippen molar-refractivity contribution in [2.75, 3.05) is 25.1 Å². The Morgan fingerprint density at radius 1 is 1.23 bits per heavy atom. The van der Waals surface area contributed by atoms with Gasteiger partial charge in [-0.15, -0.1) is 0 Å². The number of hydrogen-bond acceptors (Lipinski definition) is 4. The Morgan fingerprint density at radius 3 is 2.57 bits per heavy atom. The molecule has 4 rings (SSSR count). The summed E-state index contributed by atoms with van der Waals surface area (Å²) in [4.78, 5) is 15.3. The van der Waals surface area contributed by atoms with Gasteiger partial charge in [-0.2, -0.15) is 0 Å². The summed E-state index contributed by atoms with van der Waals surface area (Å²) in [6.07, 6.45) is 3.76. The summed E-state index contributed by atoms with van der Waals surface area (Å²) in [5, 5.41) is 0.560. The van der Waals surface area contributed by atoms with E-state index in [-0.39, 0.29) is 12.2 Å². The third-order valence-corrected chi connectivity index (χ3v) is 5.14. The number of anilines is 1. The molecule has 156 valence electrons. The molecule has 1 aliphatic rings. The highest BCUT2D eigenvalue weighted by atomic mass is 35.5. The van der Waals surface area contributed by atoms with Gasteiger partial charge in [-0.05, 0) is 47.4 Å². The minimum absolute atomic E-state index is 0.250. The second-order valence-corrected chi connectivity index (χ2v) is 7.24. The van der Waals surface area contributed by atoms with Gasteiger partial charge in [-0.3, -0.25) is 4.79 Å². The molecular formula is C23H23ClFN3O2. The number of benzene rings is 2. The Bertz CT molecular complexity index is 1010. The Hall–Kier alpha value is -3.12. The number of hydrogen-bond donors (Lipinski definition) is 1. The summed E-state index contributed by atoms with van der Waals surface area (Å²) < 4.78 is 20.7. The van der Waals surface area contributed by atoms with Crippen LogP contribution in [0.25, 0.3) is 11.1 Å². The number of amides is 1. The number of carbonyl (C=O) groups is 1. The zero-order valence-corrected chi connectivity index (χ0v) is 17.4. The SMILES string of the molecule is COc1ccc(Cc2ccc(N3CCC3)nc2)c(F)c1-c1cccc(Cl)c1.NC=O. The second kappa shape index (κ2) is 10.1. The van der Waals surface area contributed by atoms with Crippen LogP contribution < -0.4 is 15.4 Å². The molecule has 1 saturated heterocycles. The minimum Gasteiger partial charge on any atom is -0.496 e. The molecule has 0 atom stereocenters. The van der Waals surface area contributed by atoms with Crippen LogP contribution in [0.5, 0.6) is 5.75 Å². The standard InChI is InChI=1S/C22H20ClFN2O.CH3NO/c1-27-19-8-7-17(22(24)21(19)16-4-2-5-18(23)13-16)12-15-6-9-20(25-14-15)26-10-3-11-26;2-1-3/h2,4-9,13-14H,3,10-12H2,1H3;1H,(H2,2,3). The van der Waals surface area contributed by atoms with Crippen LogP contribution in [0.3, 0.4) is 0 Å². The third kappa shape index (κ3) is 4.89. The van der Waals surface area contributed by atoms with E-state index in [9.17, 15) is 0 Å². The van der Waals surface area contributed by atoms with E-state index in [0.717, 1.165) is 24.5 Å². The molecule has 0 saturated carbocycles. The van der Waals surface area contributed by atoms with Gasteiger partial charge in [0.2, 0.25) is 6.41 Å². The number of pyridine rings is 1. The van der Waals surface area contributed by atoms with Crippen LogP contribution in [0.2, 0.25) is 5.02 Å². The highest BCUT2D eigenvalue weighted by Gasteiger charge is 2.18. The van der Waals surface area contributed by atoms with E-state index in [1.807, 2.05) is 30.5 Å². The summed E-state index contributed by atoms with van der Waals surface area (Å²) in [6.45, 7) is 2.12. The largest absolute Gasteiger partial charge is 0.496 e. The highest BCUT2D eigenvalue weighted by Crippen LogP contribution is 2.36. The molecule has 5 nitrogen and oxygen atoms in total. The molecule has 1 fully saturated rings. The summed E-state index contributed by atoms with van der Waals surface area (Å²) in [6, 6.07) is 14.8. The predicted octanol–water partition coefficient (Wildman–Crippen LogP) is 4.45. The fraction of sp³-hybridized carbons (Fsp3) is 0.217. The van der Waals surface area contributed by atoms with Crippen LogP contribution in [-0.2, 0) is 11.2 Å². The average molecular weight is 428 g/mol. The third-order valence-electron chi connectivity index (χ3n) is 4.90. The molecule has 2 N–H and O–H groups in total. The van der Waals surface area contributed by atoms with Crippen molar-refractivity contribution < 1.29 is 13.9 Å². The van der Waals surface area contributed by atoms with Gasteiger partial charge in [-0.1, -0.05) is 35.9 Å². The Labute approximate surface area is 180 Å². The number of aromatic nitrogens is 1. The van der Waals surface area contributed by atoms with Crippen molar-refractivity contribution in [1.29, 1.82) is 0 Å². The zero-order chi connectivity index (χ0) is 21.5. The first kappa shape index (κ1) is 21.6. The highest BCUT2D eigenvalue weighted by molar-refractivity contribution is 6.30. The van der Waals surface area contributed by atoms with Crippen LogP contribution in [0.15, 0.2) is 54.7 Å². The molecule has 2 aromatic carbocycles. The smallest absolute Gasteiger partial charge is 0.204 e. The molecule has 30 heavy (non-hydrogen) atoms. The van der Waals surface area contributed by atoms with Gasteiger partial charge >= 0.3 is 0 Å². The number of nitrogens with two attached hydrogens (primary N) is 1. The molecule has 1 amide bonds. The van der Waals surface area contributed by atoms with Gasteiger partial charge in [0.05, 0.1) is 12.7 Å². The maximum Gasteiger partial charge on any atom is 0.204 e. The monoisotopic (exact) mass is 427 g/mol. The first-order valence-corrected chi connectivity index (χ1v) is 9.91. The van der Waals surface area contributed by atoms with Gasteiger partial charge in [0, 0.05) is 30.7 Å². The van der Waals surface area contributed by atoms with Crippen molar-refractivity contribution in [3.63, 3.8) is 0 Å². The van der Waals surface area contributed by atoms with Crippen LogP contribution >= 0.6 is 11.6 Å². The maximum absolute atomic E-state index is 15.3. The van der Waals surface area contributed by atoms with Crippen molar-refractivity contribution in [3.8, 4) is 16.9 Å². The minimum atomic E-state index is -0.288. The number of halogens is 2. The van der Waals surface area contributed by atoms with Crippen molar-refractivity contribution in [3.05, 3.63) is 76.7 Å². The van der Waals surface area contributed by atoms with Gasteiger partial charge < -0.3 is 15.4 Å². The summed E-state index contributed by atoms with van der Waals surface area (Å²) in [5.41, 5.74) is 6.87. The Morgan fingerprint density at radius 2 is 2.00 bits per heavy atom. The van der Waals surface area contributed by atoms with E-state index in [4.69, 9.17) is 21.1 Å². The molecule has 7 heteroatoms. The van der Waals surface area contributed by atoms with Gasteiger partial charge in [0.1, 0.15) is 17.4 Å². The molecular weight excluding hydrogens is 405 g/mol. The number of nitrogens with zero attached hydrogens (tertiary/aromatic N) is 2. The fourth-order valence-electron chi connectivity index (χ4n) is 3.29. The second-order valence-electron chi connectivity index (χ2n) is 6.80. The van der Waals surface area contributed by atoms with Crippen LogP contribution in [0.1, 0.15) is 17.5 Å². The van der Waals surface area contributed by atoms with Crippen molar-refractivity contribution in [2.45, 2.75) is 12.8 Å². The normalized spacial score (nSPS) is 12.4. The lowest BCUT2D eigenvalue weighted by Crippen LogP contribution is -2.37. The lowest BCUT2D eigenvalue weighted by atomic mass is 9.97. The topological polar surface area (TPSA) is 68.4 Å². The number of rotatable bonds is 5. The molecule has 0 spiro atoms. The summed E-state index contributed by atoms with van der Waals surface area (Å²) >= 11 is 6.09. The van der Waals surface area contributed by atoms with Crippen molar-refractivity contribution >= 4 is 23.8 Å². The lowest BCUT2D eigenvalue weighted by Gasteiger charge is -2.31. The first-order chi connectivity index (χ1) is 14.6. The lowest BCUT2D eigenvalue weighted by molar-refractivity contribution is -0.106. The molecule has 0 aliphatic carbocycles. The number of primary amides is 1. The van der Waals surface area contributed by atoms with E-state index in [1.54, 1.807) is 31.4 Å². The Balaban J connectivity index is 0.000000806. The summed E-state index contributed by atoms with van der Waals surface area (Å²) in [7, 11) is 1.54. The molecule has 2 heterocycles. The number of ether oxygens (including phenoxy) is 1.